The van der Waals surface area contributed by atoms with Crippen LogP contribution in [0.4, 0.5) is 0 Å². The SMILES string of the molecule is Cc1cccc(C(NN)c2ccc3c(c2)CCC3)c1. The van der Waals surface area contributed by atoms with Crippen LogP contribution >= 0.6 is 0 Å². The van der Waals surface area contributed by atoms with E-state index in [0.29, 0.717) is 0 Å². The lowest BCUT2D eigenvalue weighted by Gasteiger charge is -2.18. The lowest BCUT2D eigenvalue weighted by molar-refractivity contribution is 0.636. The third-order valence-electron chi connectivity index (χ3n) is 4.00. The molecule has 19 heavy (non-hydrogen) atoms. The minimum absolute atomic E-state index is 0.0748. The first-order valence-electron chi connectivity index (χ1n) is 6.92. The van der Waals surface area contributed by atoms with Crippen molar-refractivity contribution in [2.75, 3.05) is 0 Å². The number of nitrogens with two attached hydrogens (primary N) is 1. The molecule has 0 bridgehead atoms. The second kappa shape index (κ2) is 5.16. The summed E-state index contributed by atoms with van der Waals surface area (Å²) < 4.78 is 0. The van der Waals surface area contributed by atoms with Gasteiger partial charge in [-0.05, 0) is 48.4 Å². The quantitative estimate of drug-likeness (QED) is 0.651. The number of hydrazine groups is 1. The number of nitrogens with one attached hydrogen (secondary N) is 1. The minimum atomic E-state index is 0.0748. The van der Waals surface area contributed by atoms with Gasteiger partial charge in [-0.3, -0.25) is 5.84 Å². The molecule has 0 saturated carbocycles. The molecule has 2 aromatic rings. The third-order valence-corrected chi connectivity index (χ3v) is 4.00. The standard InChI is InChI=1S/C17H20N2/c1-12-4-2-7-15(10-12)17(19-18)16-9-8-13-5-3-6-14(13)11-16/h2,4,7-11,17,19H,3,5-6,18H2,1H3. The Labute approximate surface area is 114 Å². The van der Waals surface area contributed by atoms with E-state index in [1.54, 1.807) is 0 Å². The first-order chi connectivity index (χ1) is 9.28. The van der Waals surface area contributed by atoms with Gasteiger partial charge in [0.15, 0.2) is 0 Å². The Balaban J connectivity index is 1.98. The second-order valence-electron chi connectivity index (χ2n) is 5.40. The van der Waals surface area contributed by atoms with E-state index in [4.69, 9.17) is 5.84 Å². The van der Waals surface area contributed by atoms with Crippen LogP contribution in [0.5, 0.6) is 0 Å². The van der Waals surface area contributed by atoms with Crippen molar-refractivity contribution in [1.29, 1.82) is 0 Å². The molecule has 3 N–H and O–H groups in total. The molecule has 3 rings (SSSR count). The predicted octanol–water partition coefficient (Wildman–Crippen LogP) is 3.04. The average molecular weight is 252 g/mol. The normalized spacial score (nSPS) is 15.3. The van der Waals surface area contributed by atoms with Crippen molar-refractivity contribution in [1.82, 2.24) is 5.43 Å². The van der Waals surface area contributed by atoms with Crippen molar-refractivity contribution in [2.45, 2.75) is 32.2 Å². The maximum absolute atomic E-state index is 5.78. The maximum atomic E-state index is 5.78. The number of fused-ring (bicyclic) bond motifs is 1. The molecule has 0 spiro atoms. The van der Waals surface area contributed by atoms with Crippen LogP contribution in [0.3, 0.4) is 0 Å². The number of hydrogen-bond donors (Lipinski definition) is 2. The summed E-state index contributed by atoms with van der Waals surface area (Å²) in [6, 6.07) is 15.4. The zero-order valence-electron chi connectivity index (χ0n) is 11.3. The highest BCUT2D eigenvalue weighted by atomic mass is 15.2. The largest absolute Gasteiger partial charge is 0.271 e. The van der Waals surface area contributed by atoms with Gasteiger partial charge in [-0.2, -0.15) is 0 Å². The first kappa shape index (κ1) is 12.4. The van der Waals surface area contributed by atoms with Crippen molar-refractivity contribution in [3.63, 3.8) is 0 Å². The molecule has 0 heterocycles. The molecular weight excluding hydrogens is 232 g/mol. The monoisotopic (exact) mass is 252 g/mol. The second-order valence-corrected chi connectivity index (χ2v) is 5.40. The van der Waals surface area contributed by atoms with Gasteiger partial charge < -0.3 is 0 Å². The Morgan fingerprint density at radius 2 is 1.79 bits per heavy atom. The number of benzene rings is 2. The van der Waals surface area contributed by atoms with Gasteiger partial charge in [0.25, 0.3) is 0 Å². The highest BCUT2D eigenvalue weighted by molar-refractivity contribution is 5.40. The van der Waals surface area contributed by atoms with Gasteiger partial charge in [0, 0.05) is 0 Å². The van der Waals surface area contributed by atoms with Crippen LogP contribution in [0, 0.1) is 6.92 Å². The molecule has 0 amide bonds. The first-order valence-corrected chi connectivity index (χ1v) is 6.92. The van der Waals surface area contributed by atoms with E-state index in [0.717, 1.165) is 0 Å². The van der Waals surface area contributed by atoms with Gasteiger partial charge in [-0.1, -0.05) is 48.0 Å². The summed E-state index contributed by atoms with van der Waals surface area (Å²) in [4.78, 5) is 0. The van der Waals surface area contributed by atoms with Crippen molar-refractivity contribution in [3.05, 3.63) is 70.3 Å². The van der Waals surface area contributed by atoms with Crippen LogP contribution in [0.25, 0.3) is 0 Å². The Bertz CT molecular complexity index is 590. The van der Waals surface area contributed by atoms with Crippen molar-refractivity contribution in [2.24, 2.45) is 5.84 Å². The Morgan fingerprint density at radius 1 is 1.00 bits per heavy atom. The summed E-state index contributed by atoms with van der Waals surface area (Å²) >= 11 is 0. The number of rotatable bonds is 3. The van der Waals surface area contributed by atoms with Crippen LogP contribution in [0.2, 0.25) is 0 Å². The summed E-state index contributed by atoms with van der Waals surface area (Å²) in [6.45, 7) is 2.11. The molecule has 1 unspecified atom stereocenters. The molecule has 1 aliphatic rings. The Morgan fingerprint density at radius 3 is 2.58 bits per heavy atom. The van der Waals surface area contributed by atoms with Crippen LogP contribution in [0.1, 0.15) is 40.3 Å². The zero-order valence-corrected chi connectivity index (χ0v) is 11.3. The van der Waals surface area contributed by atoms with E-state index in [9.17, 15) is 0 Å². The predicted molar refractivity (Wildman–Crippen MR) is 78.8 cm³/mol. The van der Waals surface area contributed by atoms with Gasteiger partial charge >= 0.3 is 0 Å². The van der Waals surface area contributed by atoms with Crippen LogP contribution in [0.15, 0.2) is 42.5 Å². The summed E-state index contributed by atoms with van der Waals surface area (Å²) in [5.41, 5.74) is 9.69. The molecule has 1 atom stereocenters. The fourth-order valence-corrected chi connectivity index (χ4v) is 3.01. The molecule has 0 aromatic heterocycles. The summed E-state index contributed by atoms with van der Waals surface area (Å²) in [6.07, 6.45) is 3.71. The fraction of sp³-hybridized carbons (Fsp3) is 0.294. The molecule has 0 radical (unpaired) electrons. The van der Waals surface area contributed by atoms with E-state index in [1.165, 1.54) is 47.1 Å². The zero-order chi connectivity index (χ0) is 13.2. The van der Waals surface area contributed by atoms with Gasteiger partial charge in [0.05, 0.1) is 6.04 Å². The van der Waals surface area contributed by atoms with Gasteiger partial charge in [-0.15, -0.1) is 0 Å². The van der Waals surface area contributed by atoms with Crippen LogP contribution in [-0.2, 0) is 12.8 Å². The molecule has 0 saturated heterocycles. The Hall–Kier alpha value is -1.64. The minimum Gasteiger partial charge on any atom is -0.271 e. The van der Waals surface area contributed by atoms with Crippen LogP contribution in [-0.4, -0.2) is 0 Å². The van der Waals surface area contributed by atoms with Crippen molar-refractivity contribution >= 4 is 0 Å². The van der Waals surface area contributed by atoms with E-state index >= 15 is 0 Å². The molecule has 1 aliphatic carbocycles. The fourth-order valence-electron chi connectivity index (χ4n) is 3.01. The molecule has 0 fully saturated rings. The third kappa shape index (κ3) is 2.42. The Kier molecular flexibility index (Phi) is 3.36. The molecular formula is C17H20N2. The van der Waals surface area contributed by atoms with Crippen molar-refractivity contribution < 1.29 is 0 Å². The lowest BCUT2D eigenvalue weighted by Crippen LogP contribution is -2.29. The summed E-state index contributed by atoms with van der Waals surface area (Å²) in [7, 11) is 0. The topological polar surface area (TPSA) is 38.0 Å². The molecule has 2 nitrogen and oxygen atoms in total. The van der Waals surface area contributed by atoms with Gasteiger partial charge in [-0.25, -0.2) is 5.43 Å². The van der Waals surface area contributed by atoms with Gasteiger partial charge in [0.2, 0.25) is 0 Å². The van der Waals surface area contributed by atoms with Gasteiger partial charge in [0.1, 0.15) is 0 Å². The maximum Gasteiger partial charge on any atom is 0.0710 e. The molecule has 98 valence electrons. The van der Waals surface area contributed by atoms with E-state index in [2.05, 4.69) is 54.8 Å². The van der Waals surface area contributed by atoms with Crippen molar-refractivity contribution in [3.8, 4) is 0 Å². The molecule has 2 heteroatoms. The molecule has 2 aromatic carbocycles. The lowest BCUT2D eigenvalue weighted by atomic mass is 9.95. The average Bonchev–Trinajstić information content (AvgIpc) is 2.87. The van der Waals surface area contributed by atoms with E-state index in [1.807, 2.05) is 0 Å². The number of aryl methyl sites for hydroxylation is 3. The summed E-state index contributed by atoms with van der Waals surface area (Å²) in [5, 5.41) is 0. The highest BCUT2D eigenvalue weighted by Crippen LogP contribution is 2.28. The summed E-state index contributed by atoms with van der Waals surface area (Å²) in [5.74, 6) is 5.78. The molecule has 0 aliphatic heterocycles. The highest BCUT2D eigenvalue weighted by Gasteiger charge is 2.16. The van der Waals surface area contributed by atoms with E-state index in [-0.39, 0.29) is 6.04 Å². The van der Waals surface area contributed by atoms with E-state index < -0.39 is 0 Å². The van der Waals surface area contributed by atoms with Crippen LogP contribution < -0.4 is 11.3 Å². The smallest absolute Gasteiger partial charge is 0.0710 e. The number of hydrogen-bond acceptors (Lipinski definition) is 2.